The van der Waals surface area contributed by atoms with Crippen LogP contribution in [0.4, 0.5) is 5.82 Å². The van der Waals surface area contributed by atoms with Gasteiger partial charge in [-0.15, -0.1) is 23.4 Å². The number of imidazole rings is 1. The number of carbonyl (C=O) groups excluding carboxylic acids is 1. The van der Waals surface area contributed by atoms with E-state index in [0.29, 0.717) is 18.9 Å². The molecule has 5 rings (SSSR count). The summed E-state index contributed by atoms with van der Waals surface area (Å²) in [6.07, 6.45) is -5.34. The molecule has 270 valence electrons. The van der Waals surface area contributed by atoms with E-state index in [1.807, 2.05) is 0 Å². The van der Waals surface area contributed by atoms with Crippen molar-refractivity contribution in [2.45, 2.75) is 105 Å². The fourth-order valence-electron chi connectivity index (χ4n) is 6.27. The Kier molecular flexibility index (Phi) is 12.3. The summed E-state index contributed by atoms with van der Waals surface area (Å²) in [5, 5.41) is 49.0. The van der Waals surface area contributed by atoms with Gasteiger partial charge in [0.2, 0.25) is 5.91 Å². The Morgan fingerprint density at radius 3 is 2.67 bits per heavy atom. The van der Waals surface area contributed by atoms with E-state index in [1.165, 1.54) is 17.2 Å². The number of aromatic nitrogens is 4. The molecule has 9 N–H and O–H groups in total. The van der Waals surface area contributed by atoms with E-state index in [4.69, 9.17) is 35.9 Å². The Bertz CT molecular complexity index is 1460. The molecule has 0 radical (unpaired) electrons. The number of thioether (sulfide) groups is 1. The number of anilines is 1. The second-order valence-electron chi connectivity index (χ2n) is 12.2. The highest BCUT2D eigenvalue weighted by Crippen LogP contribution is 2.48. The molecule has 3 aliphatic rings. The third-order valence-electron chi connectivity index (χ3n) is 9.03. The second kappa shape index (κ2) is 15.7. The monoisotopic (exact) mass is 739 g/mol. The fourth-order valence-corrected chi connectivity index (χ4v) is 8.10. The van der Waals surface area contributed by atoms with Crippen LogP contribution in [0.15, 0.2) is 12.7 Å². The lowest BCUT2D eigenvalue weighted by atomic mass is 9.89. The quantitative estimate of drug-likeness (QED) is 0.0981. The van der Waals surface area contributed by atoms with E-state index in [9.17, 15) is 34.7 Å². The Morgan fingerprint density at radius 2 is 1.98 bits per heavy atom. The highest BCUT2D eigenvalue weighted by Gasteiger charge is 2.52. The number of phosphoric acid groups is 1. The smallest absolute Gasteiger partial charge is 0.387 e. The van der Waals surface area contributed by atoms with Gasteiger partial charge in [0, 0.05) is 0 Å². The first-order valence-corrected chi connectivity index (χ1v) is 18.8. The van der Waals surface area contributed by atoms with Crippen molar-refractivity contribution in [1.29, 1.82) is 0 Å². The van der Waals surface area contributed by atoms with Crippen molar-refractivity contribution in [3.63, 3.8) is 0 Å². The number of nitrogens with zero attached hydrogens (tertiary/aromatic N) is 4. The highest BCUT2D eigenvalue weighted by molar-refractivity contribution is 7.99. The minimum atomic E-state index is -5.08. The molecule has 3 saturated heterocycles. The van der Waals surface area contributed by atoms with Gasteiger partial charge in [0.05, 0.1) is 30.4 Å². The number of aliphatic hydroxyl groups excluding tert-OH is 4. The number of rotatable bonds is 12. The molecule has 0 spiro atoms. The molecule has 0 saturated carbocycles. The number of carbonyl (C=O) groups is 1. The normalized spacial score (nSPS) is 36.8. The SMILES string of the molecule is CCC1CCNC(C(=O)NC(C(C)Cl)[C@H]2O[C@H](SC)[C@H](O)[C@@H](OP(=O)(O)OC[C@@H]3O[C@H](n4cnc5c(N)ncnc54)[C@@H](O)[C@H]3O)[C@H]2O)C1. The lowest BCUT2D eigenvalue weighted by Gasteiger charge is -2.45. The molecule has 48 heavy (non-hydrogen) atoms. The van der Waals surface area contributed by atoms with E-state index in [0.717, 1.165) is 24.6 Å². The number of phosphoric ester groups is 1. The molecule has 5 heterocycles. The van der Waals surface area contributed by atoms with E-state index >= 15 is 0 Å². The molecule has 1 amide bonds. The van der Waals surface area contributed by atoms with Crippen LogP contribution in [0, 0.1) is 5.92 Å². The largest absolute Gasteiger partial charge is 0.472 e. The molecule has 0 aromatic carbocycles. The molecular formula is C27H43ClN7O11PS. The van der Waals surface area contributed by atoms with Crippen LogP contribution in [0.5, 0.6) is 0 Å². The summed E-state index contributed by atoms with van der Waals surface area (Å²) in [5.41, 5.74) is 5.24. The Labute approximate surface area is 285 Å². The van der Waals surface area contributed by atoms with Crippen molar-refractivity contribution < 1.29 is 53.2 Å². The predicted octanol–water partition coefficient (Wildman–Crippen LogP) is -0.770. The predicted molar refractivity (Wildman–Crippen MR) is 173 cm³/mol. The van der Waals surface area contributed by atoms with Crippen LogP contribution >= 0.6 is 31.2 Å². The molecule has 3 fully saturated rings. The minimum Gasteiger partial charge on any atom is -0.387 e. The summed E-state index contributed by atoms with van der Waals surface area (Å²) in [5.74, 6) is 0.133. The van der Waals surface area contributed by atoms with Gasteiger partial charge in [-0.2, -0.15) is 0 Å². The zero-order valence-electron chi connectivity index (χ0n) is 26.5. The van der Waals surface area contributed by atoms with Crippen molar-refractivity contribution in [1.82, 2.24) is 30.2 Å². The van der Waals surface area contributed by atoms with Crippen LogP contribution in [-0.2, 0) is 27.9 Å². The standard InChI is InChI=1S/C27H43ClN7O11PS/c1-4-12-5-6-30-13(7-12)25(40)34-15(11(2)28)21-19(38)22(20(39)27(45-21)48-3)46-47(41,42)43-8-14-17(36)18(37)26(44-14)35-10-33-16-23(29)31-9-32-24(16)35/h9-15,17-22,26-27,30,36-39H,4-8H2,1-3H3,(H,34,40)(H,41,42)(H2,29,31,32)/t11?,12?,13?,14-,15?,17-,18-,19-,20+,21+,22-,26-,27+/m0/s1. The Balaban J connectivity index is 1.25. The van der Waals surface area contributed by atoms with Gasteiger partial charge in [-0.25, -0.2) is 19.5 Å². The summed E-state index contributed by atoms with van der Waals surface area (Å²) in [6, 6.07) is -1.46. The molecule has 3 aliphatic heterocycles. The summed E-state index contributed by atoms with van der Waals surface area (Å²) < 4.78 is 36.7. The third-order valence-corrected chi connectivity index (χ3v) is 11.1. The fraction of sp³-hybridized carbons (Fsp3) is 0.778. The van der Waals surface area contributed by atoms with Gasteiger partial charge >= 0.3 is 7.82 Å². The molecule has 18 nitrogen and oxygen atoms in total. The number of aliphatic hydroxyl groups is 4. The van der Waals surface area contributed by atoms with Crippen molar-refractivity contribution in [3.05, 3.63) is 12.7 Å². The molecular weight excluding hydrogens is 697 g/mol. The lowest BCUT2D eigenvalue weighted by molar-refractivity contribution is -0.202. The molecule has 14 atom stereocenters. The number of fused-ring (bicyclic) bond motifs is 1. The minimum absolute atomic E-state index is 0.0917. The molecule has 21 heteroatoms. The number of halogens is 1. The lowest BCUT2D eigenvalue weighted by Crippen LogP contribution is -2.65. The van der Waals surface area contributed by atoms with E-state index < -0.39 is 86.3 Å². The Hall–Kier alpha value is -1.71. The van der Waals surface area contributed by atoms with Crippen LogP contribution in [0.1, 0.15) is 39.3 Å². The van der Waals surface area contributed by atoms with Crippen LogP contribution < -0.4 is 16.4 Å². The maximum atomic E-state index is 13.3. The van der Waals surface area contributed by atoms with Gasteiger partial charge in [0.1, 0.15) is 60.0 Å². The number of hydrogen-bond acceptors (Lipinski definition) is 16. The summed E-state index contributed by atoms with van der Waals surface area (Å²) in [4.78, 5) is 36.0. The number of piperidine rings is 1. The van der Waals surface area contributed by atoms with E-state index in [1.54, 1.807) is 13.2 Å². The first kappa shape index (κ1) is 37.5. The highest BCUT2D eigenvalue weighted by atomic mass is 35.5. The summed E-state index contributed by atoms with van der Waals surface area (Å²) in [6.45, 7) is 3.61. The van der Waals surface area contributed by atoms with E-state index in [2.05, 4.69) is 32.5 Å². The molecule has 2 aromatic rings. The first-order chi connectivity index (χ1) is 22.8. The summed E-state index contributed by atoms with van der Waals surface area (Å²) in [7, 11) is -5.08. The van der Waals surface area contributed by atoms with Crippen molar-refractivity contribution in [2.75, 3.05) is 25.1 Å². The zero-order chi connectivity index (χ0) is 34.9. The average Bonchev–Trinajstić information content (AvgIpc) is 3.62. The number of nitrogen functional groups attached to an aromatic ring is 1. The molecule has 5 unspecified atom stereocenters. The van der Waals surface area contributed by atoms with Crippen LogP contribution in [0.2, 0.25) is 0 Å². The van der Waals surface area contributed by atoms with Crippen LogP contribution in [0.25, 0.3) is 11.2 Å². The maximum Gasteiger partial charge on any atom is 0.472 e. The van der Waals surface area contributed by atoms with E-state index in [-0.39, 0.29) is 22.9 Å². The maximum absolute atomic E-state index is 13.3. The zero-order valence-corrected chi connectivity index (χ0v) is 28.9. The number of hydrogen-bond donors (Lipinski definition) is 8. The number of alkyl halides is 1. The van der Waals surface area contributed by atoms with Crippen molar-refractivity contribution >= 4 is 54.1 Å². The van der Waals surface area contributed by atoms with Crippen molar-refractivity contribution in [3.8, 4) is 0 Å². The number of nitrogens with two attached hydrogens (primary N) is 1. The van der Waals surface area contributed by atoms with Crippen LogP contribution in [-0.4, -0.2) is 136 Å². The summed E-state index contributed by atoms with van der Waals surface area (Å²) >= 11 is 7.54. The Morgan fingerprint density at radius 1 is 1.23 bits per heavy atom. The number of amides is 1. The van der Waals surface area contributed by atoms with Crippen LogP contribution in [0.3, 0.4) is 0 Å². The molecule has 2 aromatic heterocycles. The second-order valence-corrected chi connectivity index (χ2v) is 15.2. The van der Waals surface area contributed by atoms with Crippen molar-refractivity contribution in [2.24, 2.45) is 5.92 Å². The van der Waals surface area contributed by atoms with Gasteiger partial charge < -0.3 is 51.2 Å². The topological polar surface area (TPSA) is 266 Å². The molecule has 0 bridgehead atoms. The average molecular weight is 740 g/mol. The molecule has 0 aliphatic carbocycles. The number of nitrogens with one attached hydrogen (secondary N) is 2. The van der Waals surface area contributed by atoms with Gasteiger partial charge in [0.25, 0.3) is 0 Å². The third kappa shape index (κ3) is 7.93. The van der Waals surface area contributed by atoms with Gasteiger partial charge in [-0.3, -0.25) is 18.4 Å². The first-order valence-electron chi connectivity index (χ1n) is 15.6. The van der Waals surface area contributed by atoms with Gasteiger partial charge in [0.15, 0.2) is 17.7 Å². The number of ether oxygens (including phenoxy) is 2. The van der Waals surface area contributed by atoms with Gasteiger partial charge in [-0.05, 0) is 38.5 Å². The van der Waals surface area contributed by atoms with Gasteiger partial charge in [-0.1, -0.05) is 13.3 Å².